The molecule has 0 aromatic rings. The molecule has 0 heterocycles. The number of hydrogen-bond donors (Lipinski definition) is 1. The van der Waals surface area contributed by atoms with Crippen molar-refractivity contribution in [1.82, 2.24) is 5.32 Å². The van der Waals surface area contributed by atoms with E-state index in [1.807, 2.05) is 7.05 Å². The molecule has 0 aromatic heterocycles. The normalized spacial score (nSPS) is 12.6. The predicted molar refractivity (Wildman–Crippen MR) is 59.6 cm³/mol. The molecule has 0 aromatic carbocycles. The second kappa shape index (κ2) is 9.19. The van der Waals surface area contributed by atoms with Gasteiger partial charge in [0.15, 0.2) is 0 Å². The number of ether oxygens (including phenoxy) is 2. The Morgan fingerprint density at radius 2 is 2.00 bits per heavy atom. The van der Waals surface area contributed by atoms with Crippen molar-refractivity contribution in [2.24, 2.45) is 0 Å². The van der Waals surface area contributed by atoms with Gasteiger partial charge in [0, 0.05) is 19.8 Å². The number of allylic oxidation sites excluding steroid dienone is 1. The Morgan fingerprint density at radius 1 is 1.29 bits per heavy atom. The van der Waals surface area contributed by atoms with Gasteiger partial charge in [0.05, 0.1) is 13.2 Å². The molecule has 0 saturated heterocycles. The summed E-state index contributed by atoms with van der Waals surface area (Å²) in [5.41, 5.74) is 1.33. The number of likely N-dealkylation sites (N-methyl/N-ethyl adjacent to an activating group) is 1. The summed E-state index contributed by atoms with van der Waals surface area (Å²) in [4.78, 5) is 0. The molecule has 0 aliphatic carbocycles. The molecular formula is C11H23NO2. The minimum Gasteiger partial charge on any atom is -0.382 e. The topological polar surface area (TPSA) is 30.5 Å². The molecule has 1 atom stereocenters. The van der Waals surface area contributed by atoms with Crippen molar-refractivity contribution < 1.29 is 9.47 Å². The zero-order valence-electron chi connectivity index (χ0n) is 9.80. The molecule has 1 N–H and O–H groups in total. The van der Waals surface area contributed by atoms with Crippen LogP contribution in [0, 0.1) is 0 Å². The van der Waals surface area contributed by atoms with Crippen LogP contribution in [0.1, 0.15) is 20.3 Å². The minimum absolute atomic E-state index is 0.419. The summed E-state index contributed by atoms with van der Waals surface area (Å²) < 4.78 is 10.3. The molecule has 0 rings (SSSR count). The van der Waals surface area contributed by atoms with Gasteiger partial charge in [0.2, 0.25) is 0 Å². The Balaban J connectivity index is 3.48. The predicted octanol–water partition coefficient (Wildman–Crippen LogP) is 1.59. The molecule has 0 bridgehead atoms. The third-order valence-electron chi connectivity index (χ3n) is 1.91. The summed E-state index contributed by atoms with van der Waals surface area (Å²) in [6.45, 7) is 6.35. The lowest BCUT2D eigenvalue weighted by atomic mass is 10.1. The van der Waals surface area contributed by atoms with Gasteiger partial charge in [-0.1, -0.05) is 11.6 Å². The fourth-order valence-corrected chi connectivity index (χ4v) is 1.17. The number of methoxy groups -OCH3 is 1. The van der Waals surface area contributed by atoms with E-state index in [1.54, 1.807) is 7.11 Å². The molecule has 0 aliphatic heterocycles. The molecule has 0 amide bonds. The minimum atomic E-state index is 0.419. The van der Waals surface area contributed by atoms with Crippen molar-refractivity contribution in [1.29, 1.82) is 0 Å². The van der Waals surface area contributed by atoms with Crippen molar-refractivity contribution in [2.45, 2.75) is 26.3 Å². The van der Waals surface area contributed by atoms with E-state index in [9.17, 15) is 0 Å². The van der Waals surface area contributed by atoms with E-state index < -0.39 is 0 Å². The summed E-state index contributed by atoms with van der Waals surface area (Å²) in [7, 11) is 3.65. The van der Waals surface area contributed by atoms with Crippen LogP contribution in [0.5, 0.6) is 0 Å². The van der Waals surface area contributed by atoms with Crippen molar-refractivity contribution in [3.63, 3.8) is 0 Å². The Hall–Kier alpha value is -0.380. The molecule has 3 nitrogen and oxygen atoms in total. The Kier molecular flexibility index (Phi) is 8.94. The maximum atomic E-state index is 5.39. The average molecular weight is 201 g/mol. The van der Waals surface area contributed by atoms with Crippen LogP contribution >= 0.6 is 0 Å². The van der Waals surface area contributed by atoms with Gasteiger partial charge < -0.3 is 14.8 Å². The van der Waals surface area contributed by atoms with E-state index in [4.69, 9.17) is 9.47 Å². The average Bonchev–Trinajstić information content (AvgIpc) is 2.15. The number of rotatable bonds is 8. The van der Waals surface area contributed by atoms with E-state index in [2.05, 4.69) is 25.2 Å². The molecule has 0 saturated carbocycles. The summed E-state index contributed by atoms with van der Waals surface area (Å²) in [6, 6.07) is 0.419. The van der Waals surface area contributed by atoms with Crippen molar-refractivity contribution >= 4 is 0 Å². The zero-order chi connectivity index (χ0) is 10.8. The summed E-state index contributed by atoms with van der Waals surface area (Å²) in [5.74, 6) is 0. The molecule has 14 heavy (non-hydrogen) atoms. The molecule has 0 fully saturated rings. The third-order valence-corrected chi connectivity index (χ3v) is 1.91. The first-order valence-electron chi connectivity index (χ1n) is 5.09. The SMILES string of the molecule is CNC(C=C(C)C)CCOCCOC. The van der Waals surface area contributed by atoms with Crippen LogP contribution in [0.2, 0.25) is 0 Å². The summed E-state index contributed by atoms with van der Waals surface area (Å²) in [6.07, 6.45) is 3.23. The highest BCUT2D eigenvalue weighted by Crippen LogP contribution is 1.99. The fraction of sp³-hybridized carbons (Fsp3) is 0.818. The quantitative estimate of drug-likeness (QED) is 0.478. The lowest BCUT2D eigenvalue weighted by Crippen LogP contribution is -2.25. The van der Waals surface area contributed by atoms with E-state index >= 15 is 0 Å². The van der Waals surface area contributed by atoms with Gasteiger partial charge in [-0.05, 0) is 27.3 Å². The first-order valence-corrected chi connectivity index (χ1v) is 5.09. The van der Waals surface area contributed by atoms with Crippen LogP contribution < -0.4 is 5.32 Å². The van der Waals surface area contributed by atoms with Gasteiger partial charge in [0.1, 0.15) is 0 Å². The highest BCUT2D eigenvalue weighted by atomic mass is 16.5. The van der Waals surface area contributed by atoms with E-state index in [-0.39, 0.29) is 0 Å². The zero-order valence-corrected chi connectivity index (χ0v) is 9.80. The van der Waals surface area contributed by atoms with E-state index in [0.717, 1.165) is 13.0 Å². The van der Waals surface area contributed by atoms with Gasteiger partial charge >= 0.3 is 0 Å². The Labute approximate surface area is 87.5 Å². The first-order chi connectivity index (χ1) is 6.70. The maximum Gasteiger partial charge on any atom is 0.0700 e. The Morgan fingerprint density at radius 3 is 2.50 bits per heavy atom. The van der Waals surface area contributed by atoms with Crippen molar-refractivity contribution in [3.05, 3.63) is 11.6 Å². The van der Waals surface area contributed by atoms with Crippen LogP contribution in [0.3, 0.4) is 0 Å². The van der Waals surface area contributed by atoms with E-state index in [1.165, 1.54) is 5.57 Å². The smallest absolute Gasteiger partial charge is 0.0700 e. The van der Waals surface area contributed by atoms with Crippen molar-refractivity contribution in [2.75, 3.05) is 34.0 Å². The van der Waals surface area contributed by atoms with Crippen LogP contribution in [0.25, 0.3) is 0 Å². The highest BCUT2D eigenvalue weighted by molar-refractivity contribution is 5.00. The molecule has 1 unspecified atom stereocenters. The van der Waals surface area contributed by atoms with E-state index in [0.29, 0.717) is 19.3 Å². The van der Waals surface area contributed by atoms with Crippen LogP contribution in [0.4, 0.5) is 0 Å². The largest absolute Gasteiger partial charge is 0.382 e. The standard InChI is InChI=1S/C11H23NO2/c1-10(2)9-11(12-3)5-6-14-8-7-13-4/h9,11-12H,5-8H2,1-4H3. The van der Waals surface area contributed by atoms with Crippen LogP contribution in [0.15, 0.2) is 11.6 Å². The number of nitrogens with one attached hydrogen (secondary N) is 1. The molecule has 0 spiro atoms. The van der Waals surface area contributed by atoms with Crippen LogP contribution in [-0.2, 0) is 9.47 Å². The highest BCUT2D eigenvalue weighted by Gasteiger charge is 2.01. The molecule has 3 heteroatoms. The van der Waals surface area contributed by atoms with Gasteiger partial charge in [-0.25, -0.2) is 0 Å². The monoisotopic (exact) mass is 201 g/mol. The maximum absolute atomic E-state index is 5.39. The van der Waals surface area contributed by atoms with Crippen LogP contribution in [-0.4, -0.2) is 40.0 Å². The first kappa shape index (κ1) is 13.6. The molecule has 0 radical (unpaired) electrons. The Bertz CT molecular complexity index is 153. The summed E-state index contributed by atoms with van der Waals surface area (Å²) in [5, 5.41) is 3.24. The molecular weight excluding hydrogens is 178 g/mol. The van der Waals surface area contributed by atoms with Gasteiger partial charge in [0.25, 0.3) is 0 Å². The second-order valence-corrected chi connectivity index (χ2v) is 3.53. The van der Waals surface area contributed by atoms with Gasteiger partial charge in [-0.3, -0.25) is 0 Å². The number of hydrogen-bond acceptors (Lipinski definition) is 3. The molecule has 0 aliphatic rings. The van der Waals surface area contributed by atoms with Crippen molar-refractivity contribution in [3.8, 4) is 0 Å². The lowest BCUT2D eigenvalue weighted by Gasteiger charge is -2.12. The fourth-order valence-electron chi connectivity index (χ4n) is 1.17. The summed E-state index contributed by atoms with van der Waals surface area (Å²) >= 11 is 0. The molecule has 84 valence electrons. The van der Waals surface area contributed by atoms with Gasteiger partial charge in [-0.2, -0.15) is 0 Å². The van der Waals surface area contributed by atoms with Gasteiger partial charge in [-0.15, -0.1) is 0 Å². The third kappa shape index (κ3) is 8.23. The lowest BCUT2D eigenvalue weighted by molar-refractivity contribution is 0.0676. The second-order valence-electron chi connectivity index (χ2n) is 3.53.